The summed E-state index contributed by atoms with van der Waals surface area (Å²) < 4.78 is 0. The molecular weight excluding hydrogens is 313 g/mol. The first-order chi connectivity index (χ1) is 9.97. The molecule has 1 aromatic carbocycles. The van der Waals surface area contributed by atoms with Gasteiger partial charge in [0.25, 0.3) is 5.91 Å². The number of hydrogen-bond acceptors (Lipinski definition) is 2. The molecule has 0 radical (unpaired) electrons. The molecule has 1 heterocycles. The van der Waals surface area contributed by atoms with Crippen molar-refractivity contribution in [1.29, 1.82) is 0 Å². The number of likely N-dealkylation sites (tertiary alicyclic amines) is 1. The second-order valence-corrected chi connectivity index (χ2v) is 6.14. The van der Waals surface area contributed by atoms with Crippen LogP contribution in [0.4, 0.5) is 0 Å². The Morgan fingerprint density at radius 2 is 1.90 bits per heavy atom. The minimum absolute atomic E-state index is 0.0895. The molecule has 0 unspecified atom stereocenters. The van der Waals surface area contributed by atoms with Crippen LogP contribution < -0.4 is 0 Å². The van der Waals surface area contributed by atoms with E-state index in [0.29, 0.717) is 41.0 Å². The Labute approximate surface area is 133 Å². The van der Waals surface area contributed by atoms with Crippen LogP contribution in [0.15, 0.2) is 18.2 Å². The fourth-order valence-corrected chi connectivity index (χ4v) is 3.07. The predicted molar refractivity (Wildman–Crippen MR) is 82.0 cm³/mol. The lowest BCUT2D eigenvalue weighted by molar-refractivity contribution is -0.137. The maximum Gasteiger partial charge on any atom is 0.303 e. The minimum Gasteiger partial charge on any atom is -0.481 e. The second kappa shape index (κ2) is 7.14. The number of hydrogen-bond donors (Lipinski definition) is 1. The van der Waals surface area contributed by atoms with Crippen molar-refractivity contribution in [3.8, 4) is 0 Å². The average Bonchev–Trinajstić information content (AvgIpc) is 2.45. The zero-order chi connectivity index (χ0) is 15.4. The molecule has 0 atom stereocenters. The third kappa shape index (κ3) is 4.35. The molecule has 0 aliphatic carbocycles. The third-order valence-corrected chi connectivity index (χ3v) is 4.38. The maximum absolute atomic E-state index is 12.4. The number of aliphatic carboxylic acids is 1. The van der Waals surface area contributed by atoms with Gasteiger partial charge < -0.3 is 10.0 Å². The first-order valence-electron chi connectivity index (χ1n) is 6.93. The number of piperidine rings is 1. The maximum atomic E-state index is 12.4. The summed E-state index contributed by atoms with van der Waals surface area (Å²) in [6.45, 7) is 1.28. The van der Waals surface area contributed by atoms with Gasteiger partial charge in [-0.3, -0.25) is 9.59 Å². The van der Waals surface area contributed by atoms with E-state index in [1.54, 1.807) is 23.1 Å². The Balaban J connectivity index is 1.92. The van der Waals surface area contributed by atoms with Crippen LogP contribution in [-0.2, 0) is 4.79 Å². The van der Waals surface area contributed by atoms with Crippen LogP contribution in [0.2, 0.25) is 10.0 Å². The number of rotatable bonds is 4. The number of nitrogens with zero attached hydrogens (tertiary/aromatic N) is 1. The lowest BCUT2D eigenvalue weighted by Crippen LogP contribution is -2.38. The molecule has 114 valence electrons. The summed E-state index contributed by atoms with van der Waals surface area (Å²) >= 11 is 11.9. The van der Waals surface area contributed by atoms with Crippen molar-refractivity contribution in [2.24, 2.45) is 5.92 Å². The molecule has 1 aliphatic rings. The van der Waals surface area contributed by atoms with Crippen molar-refractivity contribution in [3.63, 3.8) is 0 Å². The number of amides is 1. The van der Waals surface area contributed by atoms with Crippen molar-refractivity contribution in [2.45, 2.75) is 25.7 Å². The molecule has 1 fully saturated rings. The summed E-state index contributed by atoms with van der Waals surface area (Å²) in [5.41, 5.74) is 0.463. The molecule has 4 nitrogen and oxygen atoms in total. The van der Waals surface area contributed by atoms with E-state index < -0.39 is 5.97 Å². The van der Waals surface area contributed by atoms with Gasteiger partial charge in [-0.1, -0.05) is 23.2 Å². The summed E-state index contributed by atoms with van der Waals surface area (Å²) in [5, 5.41) is 9.56. The highest BCUT2D eigenvalue weighted by molar-refractivity contribution is 6.36. The fraction of sp³-hybridized carbons (Fsp3) is 0.467. The molecular formula is C15H17Cl2NO3. The summed E-state index contributed by atoms with van der Waals surface area (Å²) in [6.07, 6.45) is 2.55. The highest BCUT2D eigenvalue weighted by atomic mass is 35.5. The van der Waals surface area contributed by atoms with E-state index in [1.807, 2.05) is 0 Å². The SMILES string of the molecule is O=C(O)CCC1CCN(C(=O)c2ccc(Cl)cc2Cl)CC1. The highest BCUT2D eigenvalue weighted by Crippen LogP contribution is 2.26. The lowest BCUT2D eigenvalue weighted by atomic mass is 9.92. The Hall–Kier alpha value is -1.26. The molecule has 2 rings (SSSR count). The summed E-state index contributed by atoms with van der Waals surface area (Å²) in [4.78, 5) is 24.8. The molecule has 1 saturated heterocycles. The first kappa shape index (κ1) is 16.1. The van der Waals surface area contributed by atoms with E-state index in [0.717, 1.165) is 12.8 Å². The first-order valence-corrected chi connectivity index (χ1v) is 7.69. The van der Waals surface area contributed by atoms with Gasteiger partial charge >= 0.3 is 5.97 Å². The zero-order valence-corrected chi connectivity index (χ0v) is 13.0. The van der Waals surface area contributed by atoms with Crippen molar-refractivity contribution in [3.05, 3.63) is 33.8 Å². The number of carbonyl (C=O) groups is 2. The molecule has 1 aliphatic heterocycles. The Kier molecular flexibility index (Phi) is 5.48. The average molecular weight is 330 g/mol. The quantitative estimate of drug-likeness (QED) is 0.915. The van der Waals surface area contributed by atoms with E-state index in [-0.39, 0.29) is 12.3 Å². The van der Waals surface area contributed by atoms with Gasteiger partial charge in [-0.15, -0.1) is 0 Å². The van der Waals surface area contributed by atoms with Gasteiger partial charge in [0.1, 0.15) is 0 Å². The van der Waals surface area contributed by atoms with Crippen molar-refractivity contribution >= 4 is 35.1 Å². The number of carboxylic acids is 1. The van der Waals surface area contributed by atoms with Crippen LogP contribution in [0, 0.1) is 5.92 Å². The van der Waals surface area contributed by atoms with Crippen LogP contribution in [0.25, 0.3) is 0 Å². The summed E-state index contributed by atoms with van der Waals surface area (Å²) in [5.74, 6) is -0.472. The normalized spacial score (nSPS) is 16.0. The van der Waals surface area contributed by atoms with Gasteiger partial charge in [-0.05, 0) is 43.4 Å². The second-order valence-electron chi connectivity index (χ2n) is 5.29. The number of halogens is 2. The van der Waals surface area contributed by atoms with Gasteiger partial charge in [0, 0.05) is 24.5 Å². The number of carboxylic acid groups (broad SMARTS) is 1. The van der Waals surface area contributed by atoms with E-state index in [9.17, 15) is 9.59 Å². The standard InChI is InChI=1S/C15H17Cl2NO3/c16-11-2-3-12(13(17)9-11)15(21)18-7-5-10(6-8-18)1-4-14(19)20/h2-3,9-10H,1,4-8H2,(H,19,20). The molecule has 0 saturated carbocycles. The Morgan fingerprint density at radius 1 is 1.24 bits per heavy atom. The van der Waals surface area contributed by atoms with Crippen LogP contribution in [0.1, 0.15) is 36.0 Å². The third-order valence-electron chi connectivity index (χ3n) is 3.83. The van der Waals surface area contributed by atoms with Gasteiger partial charge in [-0.25, -0.2) is 0 Å². The minimum atomic E-state index is -0.763. The molecule has 21 heavy (non-hydrogen) atoms. The van der Waals surface area contributed by atoms with Crippen molar-refractivity contribution < 1.29 is 14.7 Å². The topological polar surface area (TPSA) is 57.6 Å². The monoisotopic (exact) mass is 329 g/mol. The van der Waals surface area contributed by atoms with Gasteiger partial charge in [0.2, 0.25) is 0 Å². The van der Waals surface area contributed by atoms with Crippen molar-refractivity contribution in [1.82, 2.24) is 4.90 Å². The smallest absolute Gasteiger partial charge is 0.303 e. The zero-order valence-electron chi connectivity index (χ0n) is 11.5. The van der Waals surface area contributed by atoms with E-state index in [2.05, 4.69) is 0 Å². The van der Waals surface area contributed by atoms with Gasteiger partial charge in [0.05, 0.1) is 10.6 Å². The Bertz CT molecular complexity index is 540. The predicted octanol–water partition coefficient (Wildman–Crippen LogP) is 3.71. The Morgan fingerprint density at radius 3 is 2.48 bits per heavy atom. The largest absolute Gasteiger partial charge is 0.481 e. The lowest BCUT2D eigenvalue weighted by Gasteiger charge is -2.32. The molecule has 1 aromatic rings. The summed E-state index contributed by atoms with van der Waals surface area (Å²) in [7, 11) is 0. The highest BCUT2D eigenvalue weighted by Gasteiger charge is 2.25. The molecule has 1 N–H and O–H groups in total. The molecule has 0 bridgehead atoms. The fourth-order valence-electron chi connectivity index (χ4n) is 2.59. The molecule has 0 spiro atoms. The number of carbonyl (C=O) groups excluding carboxylic acids is 1. The van der Waals surface area contributed by atoms with Crippen LogP contribution in [0.3, 0.4) is 0 Å². The van der Waals surface area contributed by atoms with Crippen LogP contribution in [0.5, 0.6) is 0 Å². The molecule has 6 heteroatoms. The van der Waals surface area contributed by atoms with Gasteiger partial charge in [0.15, 0.2) is 0 Å². The number of benzene rings is 1. The molecule has 0 aromatic heterocycles. The van der Waals surface area contributed by atoms with Crippen LogP contribution >= 0.6 is 23.2 Å². The van der Waals surface area contributed by atoms with E-state index in [4.69, 9.17) is 28.3 Å². The summed E-state index contributed by atoms with van der Waals surface area (Å²) in [6, 6.07) is 4.86. The van der Waals surface area contributed by atoms with Gasteiger partial charge in [-0.2, -0.15) is 0 Å². The van der Waals surface area contributed by atoms with E-state index in [1.165, 1.54) is 0 Å². The van der Waals surface area contributed by atoms with E-state index >= 15 is 0 Å². The van der Waals surface area contributed by atoms with Crippen molar-refractivity contribution in [2.75, 3.05) is 13.1 Å². The van der Waals surface area contributed by atoms with Crippen LogP contribution in [-0.4, -0.2) is 35.0 Å². The molecule has 1 amide bonds.